The van der Waals surface area contributed by atoms with Crippen LogP contribution in [0.25, 0.3) is 0 Å². The molecule has 3 heterocycles. The summed E-state index contributed by atoms with van der Waals surface area (Å²) in [5.74, 6) is -5.18. The van der Waals surface area contributed by atoms with E-state index in [9.17, 15) is 22.8 Å². The molecule has 26 heavy (non-hydrogen) atoms. The van der Waals surface area contributed by atoms with Crippen molar-refractivity contribution >= 4 is 28.5 Å². The van der Waals surface area contributed by atoms with Crippen LogP contribution in [0.3, 0.4) is 0 Å². The molecule has 144 valence electrons. The molecule has 2 aliphatic heterocycles. The molecule has 0 unspecified atom stereocenters. The molecule has 11 heteroatoms. The standard InChI is InChI=1S/C15H19F3N4O3S/c16-15(17,18)11-8-22(7-10(11)12(23)24)13(25)20-9-1-4-21(5-2-9)14-19-3-6-26-14/h3,6,9-11H,1-2,4-5,7-8H2,(H,20,25)(H,23,24)/t10-,11-/m1/s1. The Bertz CT molecular complexity index is 647. The highest BCUT2D eigenvalue weighted by atomic mass is 32.1. The summed E-state index contributed by atoms with van der Waals surface area (Å²) in [6, 6.07) is -0.775. The smallest absolute Gasteiger partial charge is 0.394 e. The lowest BCUT2D eigenvalue weighted by Crippen LogP contribution is -2.49. The van der Waals surface area contributed by atoms with Crippen LogP contribution in [-0.2, 0) is 4.79 Å². The first kappa shape index (κ1) is 18.7. The number of carboxylic acid groups (broad SMARTS) is 1. The zero-order valence-corrected chi connectivity index (χ0v) is 14.6. The van der Waals surface area contributed by atoms with Gasteiger partial charge < -0.3 is 20.2 Å². The molecule has 0 saturated carbocycles. The third-order valence-corrected chi connectivity index (χ3v) is 5.69. The summed E-state index contributed by atoms with van der Waals surface area (Å²) in [7, 11) is 0. The van der Waals surface area contributed by atoms with E-state index in [1.54, 1.807) is 6.20 Å². The summed E-state index contributed by atoms with van der Waals surface area (Å²) in [5, 5.41) is 14.6. The average molecular weight is 392 g/mol. The van der Waals surface area contributed by atoms with Gasteiger partial charge in [0.05, 0.1) is 11.8 Å². The molecule has 1 aromatic heterocycles. The van der Waals surface area contributed by atoms with Crippen molar-refractivity contribution in [1.82, 2.24) is 15.2 Å². The maximum atomic E-state index is 13.0. The van der Waals surface area contributed by atoms with E-state index in [1.807, 2.05) is 5.38 Å². The molecule has 0 aliphatic carbocycles. The fourth-order valence-corrected chi connectivity index (χ4v) is 4.10. The van der Waals surface area contributed by atoms with Gasteiger partial charge in [-0.05, 0) is 12.8 Å². The van der Waals surface area contributed by atoms with Crippen molar-refractivity contribution in [1.29, 1.82) is 0 Å². The van der Waals surface area contributed by atoms with Gasteiger partial charge in [0.2, 0.25) is 0 Å². The lowest BCUT2D eigenvalue weighted by Gasteiger charge is -2.33. The Morgan fingerprint density at radius 1 is 1.27 bits per heavy atom. The molecule has 3 rings (SSSR count). The second-order valence-corrected chi connectivity index (χ2v) is 7.40. The molecule has 2 fully saturated rings. The minimum absolute atomic E-state index is 0.146. The number of likely N-dealkylation sites (tertiary alicyclic amines) is 1. The number of nitrogens with one attached hydrogen (secondary N) is 1. The second-order valence-electron chi connectivity index (χ2n) is 6.52. The average Bonchev–Trinajstić information content (AvgIpc) is 3.25. The number of rotatable bonds is 3. The summed E-state index contributed by atoms with van der Waals surface area (Å²) in [6.45, 7) is 0.344. The Morgan fingerprint density at radius 2 is 1.96 bits per heavy atom. The van der Waals surface area contributed by atoms with Gasteiger partial charge in [-0.2, -0.15) is 13.2 Å². The summed E-state index contributed by atoms with van der Waals surface area (Å²) in [4.78, 5) is 30.7. The Hall–Kier alpha value is -2.04. The number of piperidine rings is 1. The van der Waals surface area contributed by atoms with Crippen LogP contribution in [0.4, 0.5) is 23.1 Å². The molecule has 2 saturated heterocycles. The van der Waals surface area contributed by atoms with E-state index in [1.165, 1.54) is 11.3 Å². The van der Waals surface area contributed by atoms with Crippen LogP contribution in [0, 0.1) is 11.8 Å². The molecule has 0 bridgehead atoms. The number of aromatic nitrogens is 1. The van der Waals surface area contributed by atoms with Crippen molar-refractivity contribution in [3.8, 4) is 0 Å². The van der Waals surface area contributed by atoms with Gasteiger partial charge in [0.1, 0.15) is 0 Å². The van der Waals surface area contributed by atoms with Gasteiger partial charge in [-0.25, -0.2) is 9.78 Å². The van der Waals surface area contributed by atoms with Crippen molar-refractivity contribution in [2.24, 2.45) is 11.8 Å². The molecular formula is C15H19F3N4O3S. The predicted molar refractivity (Wildman–Crippen MR) is 88.1 cm³/mol. The van der Waals surface area contributed by atoms with Crippen LogP contribution in [0.2, 0.25) is 0 Å². The monoisotopic (exact) mass is 392 g/mol. The minimum atomic E-state index is -4.64. The highest BCUT2D eigenvalue weighted by Gasteiger charge is 2.53. The maximum Gasteiger partial charge on any atom is 0.394 e. The lowest BCUT2D eigenvalue weighted by atomic mass is 9.96. The normalized spacial score (nSPS) is 24.7. The molecular weight excluding hydrogens is 373 g/mol. The van der Waals surface area contributed by atoms with Crippen LogP contribution in [-0.4, -0.2) is 65.4 Å². The molecule has 2 aliphatic rings. The summed E-state index contributed by atoms with van der Waals surface area (Å²) >= 11 is 1.53. The largest absolute Gasteiger partial charge is 0.481 e. The Balaban J connectivity index is 1.53. The van der Waals surface area contributed by atoms with Gasteiger partial charge in [-0.1, -0.05) is 0 Å². The third kappa shape index (κ3) is 4.02. The van der Waals surface area contributed by atoms with Crippen molar-refractivity contribution in [3.63, 3.8) is 0 Å². The van der Waals surface area contributed by atoms with Crippen molar-refractivity contribution in [2.75, 3.05) is 31.1 Å². The van der Waals surface area contributed by atoms with E-state index in [0.29, 0.717) is 25.9 Å². The van der Waals surface area contributed by atoms with E-state index < -0.39 is 43.1 Å². The molecule has 0 radical (unpaired) electrons. The topological polar surface area (TPSA) is 85.8 Å². The van der Waals surface area contributed by atoms with E-state index >= 15 is 0 Å². The number of anilines is 1. The van der Waals surface area contributed by atoms with Gasteiger partial charge in [-0.3, -0.25) is 4.79 Å². The first-order valence-electron chi connectivity index (χ1n) is 8.25. The van der Waals surface area contributed by atoms with Crippen molar-refractivity contribution < 1.29 is 27.9 Å². The number of alkyl halides is 3. The number of urea groups is 1. The van der Waals surface area contributed by atoms with Crippen molar-refractivity contribution in [2.45, 2.75) is 25.1 Å². The van der Waals surface area contributed by atoms with Crippen LogP contribution < -0.4 is 10.2 Å². The Morgan fingerprint density at radius 3 is 2.46 bits per heavy atom. The number of amides is 2. The predicted octanol–water partition coefficient (Wildman–Crippen LogP) is 2.02. The summed E-state index contributed by atoms with van der Waals surface area (Å²) in [5.41, 5.74) is 0. The second kappa shape index (κ2) is 7.29. The van der Waals surface area contributed by atoms with E-state index in [0.717, 1.165) is 10.0 Å². The highest BCUT2D eigenvalue weighted by molar-refractivity contribution is 7.13. The fourth-order valence-electron chi connectivity index (χ4n) is 3.40. The molecule has 0 aromatic carbocycles. The summed E-state index contributed by atoms with van der Waals surface area (Å²) < 4.78 is 39.0. The Kier molecular flexibility index (Phi) is 5.26. The van der Waals surface area contributed by atoms with Gasteiger partial charge >= 0.3 is 18.2 Å². The first-order valence-corrected chi connectivity index (χ1v) is 9.13. The van der Waals surface area contributed by atoms with Crippen LogP contribution >= 0.6 is 11.3 Å². The van der Waals surface area contributed by atoms with Crippen molar-refractivity contribution in [3.05, 3.63) is 11.6 Å². The maximum absolute atomic E-state index is 13.0. The van der Waals surface area contributed by atoms with Crippen LogP contribution in [0.1, 0.15) is 12.8 Å². The SMILES string of the molecule is O=C(O)[C@@H]1CN(C(=O)NC2CCN(c3nccs3)CC2)C[C@H]1C(F)(F)F. The number of aliphatic carboxylic acids is 1. The number of nitrogens with zero attached hydrogens (tertiary/aromatic N) is 3. The molecule has 2 N–H and O–H groups in total. The molecule has 1 aromatic rings. The number of halogens is 3. The van der Waals surface area contributed by atoms with Gasteiger partial charge in [-0.15, -0.1) is 11.3 Å². The number of carboxylic acids is 1. The highest BCUT2D eigenvalue weighted by Crippen LogP contribution is 2.37. The molecule has 2 amide bonds. The van der Waals surface area contributed by atoms with E-state index in [-0.39, 0.29) is 6.04 Å². The van der Waals surface area contributed by atoms with Crippen LogP contribution in [0.5, 0.6) is 0 Å². The molecule has 0 spiro atoms. The fraction of sp³-hybridized carbons (Fsp3) is 0.667. The zero-order chi connectivity index (χ0) is 18.9. The van der Waals surface area contributed by atoms with E-state index in [4.69, 9.17) is 5.11 Å². The number of carbonyl (C=O) groups is 2. The number of carbonyl (C=O) groups excluding carboxylic acids is 1. The lowest BCUT2D eigenvalue weighted by molar-refractivity contribution is -0.187. The number of hydrogen-bond donors (Lipinski definition) is 2. The number of hydrogen-bond acceptors (Lipinski definition) is 5. The number of thiazole rings is 1. The van der Waals surface area contributed by atoms with Gasteiger partial charge in [0, 0.05) is 43.8 Å². The molecule has 2 atom stereocenters. The summed E-state index contributed by atoms with van der Waals surface area (Å²) in [6.07, 6.45) is -1.61. The van der Waals surface area contributed by atoms with Crippen LogP contribution in [0.15, 0.2) is 11.6 Å². The quantitative estimate of drug-likeness (QED) is 0.822. The Labute approximate surface area is 151 Å². The van der Waals surface area contributed by atoms with Gasteiger partial charge in [0.25, 0.3) is 0 Å². The van der Waals surface area contributed by atoms with Gasteiger partial charge in [0.15, 0.2) is 5.13 Å². The zero-order valence-electron chi connectivity index (χ0n) is 13.8. The first-order chi connectivity index (χ1) is 12.3. The third-order valence-electron chi connectivity index (χ3n) is 4.86. The molecule has 7 nitrogen and oxygen atoms in total. The minimum Gasteiger partial charge on any atom is -0.481 e. The van der Waals surface area contributed by atoms with E-state index in [2.05, 4.69) is 15.2 Å².